The largest absolute Gasteiger partial charge is 0.464 e. The van der Waals surface area contributed by atoms with Crippen LogP contribution in [-0.4, -0.2) is 25.8 Å². The molecule has 3 rings (SSSR count). The van der Waals surface area contributed by atoms with Crippen molar-refractivity contribution in [3.8, 4) is 11.3 Å². The molecule has 1 aliphatic rings. The van der Waals surface area contributed by atoms with Gasteiger partial charge in [0.2, 0.25) is 10.0 Å². The van der Waals surface area contributed by atoms with Crippen LogP contribution in [0.3, 0.4) is 0 Å². The zero-order valence-corrected chi connectivity index (χ0v) is 13.7. The molecule has 0 amide bonds. The molecule has 0 radical (unpaired) electrons. The van der Waals surface area contributed by atoms with E-state index in [9.17, 15) is 8.42 Å². The Hall–Kier alpha value is -1.59. The lowest BCUT2D eigenvalue weighted by molar-refractivity contribution is 0.222. The fourth-order valence-electron chi connectivity index (χ4n) is 3.19. The molecule has 0 aliphatic carbocycles. The highest BCUT2D eigenvalue weighted by Gasteiger charge is 2.31. The summed E-state index contributed by atoms with van der Waals surface area (Å²) in [6.45, 7) is 5.43. The molecule has 5 heteroatoms. The van der Waals surface area contributed by atoms with Crippen LogP contribution in [0, 0.1) is 11.8 Å². The Kier molecular flexibility index (Phi) is 4.10. The van der Waals surface area contributed by atoms with Crippen molar-refractivity contribution in [3.63, 3.8) is 0 Å². The zero-order valence-electron chi connectivity index (χ0n) is 12.9. The number of piperidine rings is 1. The molecule has 2 heterocycles. The number of hydrogen-bond donors (Lipinski definition) is 0. The van der Waals surface area contributed by atoms with Crippen LogP contribution < -0.4 is 0 Å². The minimum Gasteiger partial charge on any atom is -0.464 e. The van der Waals surface area contributed by atoms with Crippen molar-refractivity contribution in [2.45, 2.75) is 25.2 Å². The Morgan fingerprint density at radius 3 is 2.23 bits per heavy atom. The third kappa shape index (κ3) is 2.96. The molecule has 0 spiro atoms. The summed E-state index contributed by atoms with van der Waals surface area (Å²) >= 11 is 0. The van der Waals surface area contributed by atoms with E-state index in [1.807, 2.05) is 12.1 Å². The molecule has 1 saturated heterocycles. The number of sulfonamides is 1. The second-order valence-electron chi connectivity index (χ2n) is 6.27. The number of rotatable bonds is 3. The normalized spacial score (nSPS) is 23.5. The molecular weight excluding hydrogens is 298 g/mol. The van der Waals surface area contributed by atoms with Gasteiger partial charge in [0.15, 0.2) is 0 Å². The van der Waals surface area contributed by atoms with E-state index >= 15 is 0 Å². The minimum absolute atomic E-state index is 0.351. The van der Waals surface area contributed by atoms with Gasteiger partial charge < -0.3 is 4.42 Å². The van der Waals surface area contributed by atoms with Crippen molar-refractivity contribution < 1.29 is 12.8 Å². The van der Waals surface area contributed by atoms with Gasteiger partial charge in [-0.3, -0.25) is 0 Å². The van der Waals surface area contributed by atoms with Crippen LogP contribution in [0.4, 0.5) is 0 Å². The van der Waals surface area contributed by atoms with Crippen LogP contribution in [0.1, 0.15) is 20.3 Å². The third-order valence-corrected chi connectivity index (χ3v) is 5.98. The van der Waals surface area contributed by atoms with E-state index in [2.05, 4.69) is 13.8 Å². The molecular formula is C17H21NO3S. The average Bonchev–Trinajstić information content (AvgIpc) is 3.00. The second kappa shape index (κ2) is 5.89. The molecule has 1 aromatic heterocycles. The maximum atomic E-state index is 12.8. The van der Waals surface area contributed by atoms with Crippen molar-refractivity contribution in [1.82, 2.24) is 4.31 Å². The van der Waals surface area contributed by atoms with Crippen LogP contribution in [0.2, 0.25) is 0 Å². The molecule has 2 atom stereocenters. The monoisotopic (exact) mass is 319 g/mol. The summed E-state index contributed by atoms with van der Waals surface area (Å²) < 4.78 is 32.5. The first-order chi connectivity index (χ1) is 10.5. The molecule has 4 nitrogen and oxygen atoms in total. The fourth-order valence-corrected chi connectivity index (χ4v) is 4.86. The van der Waals surface area contributed by atoms with Gasteiger partial charge in [-0.15, -0.1) is 0 Å². The summed E-state index contributed by atoms with van der Waals surface area (Å²) in [5.41, 5.74) is 0.879. The van der Waals surface area contributed by atoms with Gasteiger partial charge in [-0.1, -0.05) is 13.8 Å². The predicted molar refractivity (Wildman–Crippen MR) is 85.8 cm³/mol. The second-order valence-corrected chi connectivity index (χ2v) is 8.21. The lowest BCUT2D eigenvalue weighted by Crippen LogP contribution is -2.42. The van der Waals surface area contributed by atoms with Crippen LogP contribution in [0.15, 0.2) is 52.0 Å². The van der Waals surface area contributed by atoms with Crippen LogP contribution in [0.25, 0.3) is 11.3 Å². The molecule has 22 heavy (non-hydrogen) atoms. The van der Waals surface area contributed by atoms with E-state index in [4.69, 9.17) is 4.42 Å². The standard InChI is InChI=1S/C17H21NO3S/c1-13-10-14(2)12-18(11-13)22(19,20)16-7-5-15(6-8-16)17-4-3-9-21-17/h3-9,13-14H,10-12H2,1-2H3. The third-order valence-electron chi connectivity index (χ3n) is 4.13. The Morgan fingerprint density at radius 2 is 1.68 bits per heavy atom. The van der Waals surface area contributed by atoms with Gasteiger partial charge in [-0.2, -0.15) is 4.31 Å². The van der Waals surface area contributed by atoms with E-state index < -0.39 is 10.0 Å². The summed E-state index contributed by atoms with van der Waals surface area (Å²) in [6.07, 6.45) is 2.69. The lowest BCUT2D eigenvalue weighted by atomic mass is 9.94. The maximum absolute atomic E-state index is 12.8. The first-order valence-electron chi connectivity index (χ1n) is 7.61. The molecule has 0 saturated carbocycles. The Balaban J connectivity index is 1.86. The van der Waals surface area contributed by atoms with E-state index in [0.29, 0.717) is 29.8 Å². The quantitative estimate of drug-likeness (QED) is 0.868. The zero-order chi connectivity index (χ0) is 15.7. The van der Waals surface area contributed by atoms with Crippen molar-refractivity contribution in [3.05, 3.63) is 42.7 Å². The molecule has 1 fully saturated rings. The summed E-state index contributed by atoms with van der Waals surface area (Å²) in [7, 11) is -3.41. The number of hydrogen-bond acceptors (Lipinski definition) is 3. The topological polar surface area (TPSA) is 50.5 Å². The molecule has 118 valence electrons. The van der Waals surface area contributed by atoms with Gasteiger partial charge in [-0.05, 0) is 54.7 Å². The van der Waals surface area contributed by atoms with Crippen LogP contribution >= 0.6 is 0 Å². The molecule has 0 bridgehead atoms. The van der Waals surface area contributed by atoms with E-state index in [1.54, 1.807) is 34.8 Å². The molecule has 0 N–H and O–H groups in total. The lowest BCUT2D eigenvalue weighted by Gasteiger charge is -2.34. The predicted octanol–water partition coefficient (Wildman–Crippen LogP) is 3.61. The van der Waals surface area contributed by atoms with E-state index in [-0.39, 0.29) is 0 Å². The average molecular weight is 319 g/mol. The number of furan rings is 1. The summed E-state index contributed by atoms with van der Waals surface area (Å²) in [4.78, 5) is 0.351. The summed E-state index contributed by atoms with van der Waals surface area (Å²) in [5, 5.41) is 0. The minimum atomic E-state index is -3.41. The highest BCUT2D eigenvalue weighted by Crippen LogP contribution is 2.28. The van der Waals surface area contributed by atoms with Gasteiger partial charge in [0, 0.05) is 18.7 Å². The Morgan fingerprint density at radius 1 is 1.05 bits per heavy atom. The van der Waals surface area contributed by atoms with Crippen LogP contribution in [0.5, 0.6) is 0 Å². The van der Waals surface area contributed by atoms with Crippen molar-refractivity contribution in [2.24, 2.45) is 11.8 Å². The van der Waals surface area contributed by atoms with Crippen molar-refractivity contribution in [1.29, 1.82) is 0 Å². The Labute approximate surface area is 131 Å². The van der Waals surface area contributed by atoms with Gasteiger partial charge in [0.05, 0.1) is 11.2 Å². The van der Waals surface area contributed by atoms with Crippen molar-refractivity contribution >= 4 is 10.0 Å². The van der Waals surface area contributed by atoms with Crippen molar-refractivity contribution in [2.75, 3.05) is 13.1 Å². The van der Waals surface area contributed by atoms with Gasteiger partial charge in [-0.25, -0.2) is 8.42 Å². The molecule has 2 unspecified atom stereocenters. The van der Waals surface area contributed by atoms with E-state index in [0.717, 1.165) is 17.7 Å². The molecule has 1 aromatic carbocycles. The fraction of sp³-hybridized carbons (Fsp3) is 0.412. The number of nitrogens with zero attached hydrogens (tertiary/aromatic N) is 1. The molecule has 2 aromatic rings. The highest BCUT2D eigenvalue weighted by atomic mass is 32.2. The van der Waals surface area contributed by atoms with Crippen LogP contribution in [-0.2, 0) is 10.0 Å². The highest BCUT2D eigenvalue weighted by molar-refractivity contribution is 7.89. The summed E-state index contributed by atoms with van der Waals surface area (Å²) in [6, 6.07) is 10.6. The first-order valence-corrected chi connectivity index (χ1v) is 9.05. The Bertz CT molecular complexity index is 710. The number of benzene rings is 1. The maximum Gasteiger partial charge on any atom is 0.243 e. The van der Waals surface area contributed by atoms with Gasteiger partial charge in [0.25, 0.3) is 0 Å². The van der Waals surface area contributed by atoms with Gasteiger partial charge >= 0.3 is 0 Å². The van der Waals surface area contributed by atoms with E-state index in [1.165, 1.54) is 0 Å². The first kappa shape index (κ1) is 15.3. The SMILES string of the molecule is CC1CC(C)CN(S(=O)(=O)c2ccc(-c3ccco3)cc2)C1. The van der Waals surface area contributed by atoms with Gasteiger partial charge in [0.1, 0.15) is 5.76 Å². The molecule has 1 aliphatic heterocycles. The summed E-state index contributed by atoms with van der Waals surface area (Å²) in [5.74, 6) is 1.55. The smallest absolute Gasteiger partial charge is 0.243 e.